The van der Waals surface area contributed by atoms with Crippen molar-refractivity contribution in [2.75, 3.05) is 0 Å². The fourth-order valence-corrected chi connectivity index (χ4v) is 3.34. The normalized spacial score (nSPS) is 34.8. The molecule has 0 aromatic heterocycles. The molecule has 1 N–H and O–H groups in total. The van der Waals surface area contributed by atoms with Crippen molar-refractivity contribution in [1.29, 1.82) is 0 Å². The van der Waals surface area contributed by atoms with Crippen LogP contribution in [0.1, 0.15) is 44.9 Å². The van der Waals surface area contributed by atoms with Crippen molar-refractivity contribution < 1.29 is 13.6 Å². The first kappa shape index (κ1) is 10.5. The molecule has 0 atom stereocenters. The van der Waals surface area contributed by atoms with Crippen LogP contribution in [0.2, 0.25) is 0 Å². The largest absolute Gasteiger partial charge is 0.353 e. The van der Waals surface area contributed by atoms with Gasteiger partial charge in [-0.05, 0) is 31.1 Å². The van der Waals surface area contributed by atoms with Gasteiger partial charge >= 0.3 is 0 Å². The third-order valence-electron chi connectivity index (χ3n) is 4.58. The summed E-state index contributed by atoms with van der Waals surface area (Å²) in [7, 11) is 0. The Hall–Kier alpha value is -0.670. The van der Waals surface area contributed by atoms with Crippen LogP contribution in [-0.2, 0) is 4.79 Å². The van der Waals surface area contributed by atoms with Crippen LogP contribution in [0.25, 0.3) is 0 Å². The van der Waals surface area contributed by atoms with E-state index >= 15 is 0 Å². The second kappa shape index (κ2) is 3.17. The van der Waals surface area contributed by atoms with Gasteiger partial charge in [-0.2, -0.15) is 0 Å². The highest BCUT2D eigenvalue weighted by molar-refractivity contribution is 5.80. The Kier molecular flexibility index (Phi) is 2.08. The summed E-state index contributed by atoms with van der Waals surface area (Å²) in [5.74, 6) is -2.42. The molecule has 1 spiro atoms. The minimum atomic E-state index is -2.53. The lowest BCUT2D eigenvalue weighted by molar-refractivity contribution is -0.143. The van der Waals surface area contributed by atoms with Crippen molar-refractivity contribution in [1.82, 2.24) is 5.32 Å². The molecule has 0 aromatic carbocycles. The molecule has 4 heteroatoms. The Morgan fingerprint density at radius 3 is 2.19 bits per heavy atom. The minimum absolute atomic E-state index is 0.0121. The van der Waals surface area contributed by atoms with Crippen LogP contribution in [-0.4, -0.2) is 17.9 Å². The van der Waals surface area contributed by atoms with Gasteiger partial charge < -0.3 is 5.32 Å². The van der Waals surface area contributed by atoms with E-state index in [1.54, 1.807) is 0 Å². The number of carbonyl (C=O) groups is 1. The summed E-state index contributed by atoms with van der Waals surface area (Å²) in [5.41, 5.74) is 0.478. The molecule has 0 saturated heterocycles. The molecule has 0 radical (unpaired) electrons. The lowest BCUT2D eigenvalue weighted by atomic mass is 9.51. The summed E-state index contributed by atoms with van der Waals surface area (Å²) >= 11 is 0. The van der Waals surface area contributed by atoms with Crippen LogP contribution in [0, 0.1) is 11.3 Å². The van der Waals surface area contributed by atoms with E-state index in [2.05, 4.69) is 5.32 Å². The van der Waals surface area contributed by atoms with Crippen LogP contribution in [0.5, 0.6) is 0 Å². The van der Waals surface area contributed by atoms with Crippen LogP contribution >= 0.6 is 0 Å². The zero-order chi connectivity index (χ0) is 11.4. The van der Waals surface area contributed by atoms with Gasteiger partial charge in [-0.25, -0.2) is 8.78 Å². The molecule has 3 aliphatic carbocycles. The van der Waals surface area contributed by atoms with E-state index in [9.17, 15) is 13.6 Å². The summed E-state index contributed by atoms with van der Waals surface area (Å²) in [6.45, 7) is 0. The average Bonchev–Trinajstić information content (AvgIpc) is 1.94. The van der Waals surface area contributed by atoms with Gasteiger partial charge in [0.2, 0.25) is 5.91 Å². The highest BCUT2D eigenvalue weighted by Gasteiger charge is 2.52. The molecule has 0 bridgehead atoms. The van der Waals surface area contributed by atoms with Crippen molar-refractivity contribution in [3.05, 3.63) is 0 Å². The maximum Gasteiger partial charge on any atom is 0.252 e. The number of alkyl halides is 2. The third kappa shape index (κ3) is 1.62. The summed E-state index contributed by atoms with van der Waals surface area (Å²) in [5, 5.41) is 2.74. The lowest BCUT2D eigenvalue weighted by Crippen LogP contribution is -2.55. The first-order valence-electron chi connectivity index (χ1n) is 6.16. The summed E-state index contributed by atoms with van der Waals surface area (Å²) < 4.78 is 25.1. The summed E-state index contributed by atoms with van der Waals surface area (Å²) in [6, 6.07) is -0.277. The van der Waals surface area contributed by atoms with Crippen LogP contribution in [0.4, 0.5) is 8.78 Å². The molecule has 3 saturated carbocycles. The molecular formula is C12H17F2NO. The number of hydrogen-bond acceptors (Lipinski definition) is 1. The van der Waals surface area contributed by atoms with E-state index in [1.807, 2.05) is 0 Å². The average molecular weight is 229 g/mol. The molecule has 0 aliphatic heterocycles. The lowest BCUT2D eigenvalue weighted by Gasteiger charge is -2.54. The topological polar surface area (TPSA) is 29.1 Å². The van der Waals surface area contributed by atoms with E-state index in [-0.39, 0.29) is 30.7 Å². The van der Waals surface area contributed by atoms with E-state index in [0.717, 1.165) is 12.8 Å². The van der Waals surface area contributed by atoms with Gasteiger partial charge in [0.05, 0.1) is 0 Å². The molecular weight excluding hydrogens is 212 g/mol. The van der Waals surface area contributed by atoms with Crippen LogP contribution in [0.3, 0.4) is 0 Å². The smallest absolute Gasteiger partial charge is 0.252 e. The second-order valence-corrected chi connectivity index (χ2v) is 5.93. The predicted octanol–water partition coefficient (Wildman–Crippen LogP) is 2.48. The highest BCUT2D eigenvalue weighted by atomic mass is 19.3. The standard InChI is InChI=1S/C12H17F2NO/c13-12(14)6-9(7-12)15-10(16)8-4-11(5-8)2-1-3-11/h8-9H,1-7H2,(H,15,16). The van der Waals surface area contributed by atoms with Gasteiger partial charge in [0.1, 0.15) is 0 Å². The number of halogens is 2. The quantitative estimate of drug-likeness (QED) is 0.774. The maximum atomic E-state index is 12.6. The molecule has 0 heterocycles. The maximum absolute atomic E-state index is 12.6. The SMILES string of the molecule is O=C(NC1CC(F)(F)C1)C1CC2(CCC2)C1. The van der Waals surface area contributed by atoms with Crippen molar-refractivity contribution >= 4 is 5.91 Å². The molecule has 0 aromatic rings. The van der Waals surface area contributed by atoms with Gasteiger partial charge in [0, 0.05) is 24.8 Å². The molecule has 90 valence electrons. The summed E-state index contributed by atoms with van der Waals surface area (Å²) in [4.78, 5) is 11.7. The van der Waals surface area contributed by atoms with Gasteiger partial charge in [-0.3, -0.25) is 4.79 Å². The van der Waals surface area contributed by atoms with E-state index in [4.69, 9.17) is 0 Å². The Bertz CT molecular complexity index is 309. The molecule has 3 aliphatic rings. The van der Waals surface area contributed by atoms with E-state index in [0.29, 0.717) is 5.41 Å². The van der Waals surface area contributed by atoms with Crippen molar-refractivity contribution in [3.8, 4) is 0 Å². The third-order valence-corrected chi connectivity index (χ3v) is 4.58. The minimum Gasteiger partial charge on any atom is -0.353 e. The van der Waals surface area contributed by atoms with Gasteiger partial charge in [0.25, 0.3) is 5.92 Å². The zero-order valence-electron chi connectivity index (χ0n) is 9.27. The van der Waals surface area contributed by atoms with Crippen molar-refractivity contribution in [2.45, 2.75) is 56.9 Å². The molecule has 3 rings (SSSR count). The van der Waals surface area contributed by atoms with Gasteiger partial charge in [0.15, 0.2) is 0 Å². The number of carbonyl (C=O) groups excluding carboxylic acids is 1. The Morgan fingerprint density at radius 2 is 1.75 bits per heavy atom. The molecule has 3 fully saturated rings. The Morgan fingerprint density at radius 1 is 1.12 bits per heavy atom. The van der Waals surface area contributed by atoms with Crippen molar-refractivity contribution in [2.24, 2.45) is 11.3 Å². The fourth-order valence-electron chi connectivity index (χ4n) is 3.34. The molecule has 16 heavy (non-hydrogen) atoms. The molecule has 1 amide bonds. The van der Waals surface area contributed by atoms with Gasteiger partial charge in [-0.1, -0.05) is 6.42 Å². The Labute approximate surface area is 93.8 Å². The second-order valence-electron chi connectivity index (χ2n) is 5.93. The number of nitrogens with one attached hydrogen (secondary N) is 1. The molecule has 0 unspecified atom stereocenters. The Balaban J connectivity index is 1.42. The van der Waals surface area contributed by atoms with Crippen molar-refractivity contribution in [3.63, 3.8) is 0 Å². The molecule has 2 nitrogen and oxygen atoms in total. The van der Waals surface area contributed by atoms with Crippen LogP contribution in [0.15, 0.2) is 0 Å². The predicted molar refractivity (Wildman–Crippen MR) is 55.1 cm³/mol. The van der Waals surface area contributed by atoms with Crippen LogP contribution < -0.4 is 5.32 Å². The monoisotopic (exact) mass is 229 g/mol. The zero-order valence-corrected chi connectivity index (χ0v) is 9.27. The highest BCUT2D eigenvalue weighted by Crippen LogP contribution is 2.58. The van der Waals surface area contributed by atoms with E-state index in [1.165, 1.54) is 19.3 Å². The first-order chi connectivity index (χ1) is 7.48. The number of amides is 1. The fraction of sp³-hybridized carbons (Fsp3) is 0.917. The first-order valence-corrected chi connectivity index (χ1v) is 6.16. The van der Waals surface area contributed by atoms with E-state index < -0.39 is 5.92 Å². The number of hydrogen-bond donors (Lipinski definition) is 1. The number of rotatable bonds is 2. The summed E-state index contributed by atoms with van der Waals surface area (Å²) in [6.07, 6.45) is 5.46. The van der Waals surface area contributed by atoms with Gasteiger partial charge in [-0.15, -0.1) is 0 Å².